The van der Waals surface area contributed by atoms with E-state index in [2.05, 4.69) is 5.32 Å². The highest BCUT2D eigenvalue weighted by Gasteiger charge is 2.16. The topological polar surface area (TPSA) is 104 Å². The van der Waals surface area contributed by atoms with Crippen LogP contribution in [0.3, 0.4) is 0 Å². The van der Waals surface area contributed by atoms with Crippen molar-refractivity contribution in [3.05, 3.63) is 113 Å². The second kappa shape index (κ2) is 10.3. The van der Waals surface area contributed by atoms with Crippen molar-refractivity contribution in [2.45, 2.75) is 17.9 Å². The van der Waals surface area contributed by atoms with Crippen LogP contribution >= 0.6 is 0 Å². The summed E-state index contributed by atoms with van der Waals surface area (Å²) < 4.78 is 25.6. The Bertz CT molecular complexity index is 1530. The number of benzene rings is 4. The molecule has 0 bridgehead atoms. The number of rotatable bonds is 8. The second-order valence-electron chi connectivity index (χ2n) is 8.69. The monoisotopic (exact) mass is 502 g/mol. The summed E-state index contributed by atoms with van der Waals surface area (Å²) in [4.78, 5) is 24.0. The Morgan fingerprint density at radius 3 is 1.97 bits per heavy atom. The molecule has 0 radical (unpaired) electrons. The Labute approximate surface area is 210 Å². The van der Waals surface area contributed by atoms with E-state index in [1.54, 1.807) is 42.5 Å². The number of carbonyl (C=O) groups is 2. The maximum absolute atomic E-state index is 12.8. The molecule has 2 N–H and O–H groups in total. The fourth-order valence-corrected chi connectivity index (χ4v) is 4.72. The number of aromatic carboxylic acids is 1. The van der Waals surface area contributed by atoms with Crippen molar-refractivity contribution in [1.29, 1.82) is 0 Å². The Morgan fingerprint density at radius 1 is 0.750 bits per heavy atom. The molecule has 0 fully saturated rings. The van der Waals surface area contributed by atoms with Crippen LogP contribution in [0.15, 0.2) is 89.8 Å². The lowest BCUT2D eigenvalue weighted by atomic mass is 9.99. The van der Waals surface area contributed by atoms with E-state index in [-0.39, 0.29) is 22.9 Å². The summed E-state index contributed by atoms with van der Waals surface area (Å²) >= 11 is 0. The van der Waals surface area contributed by atoms with Gasteiger partial charge < -0.3 is 10.4 Å². The Balaban J connectivity index is 1.44. The van der Waals surface area contributed by atoms with Crippen LogP contribution in [0.1, 0.15) is 37.4 Å². The average molecular weight is 503 g/mol. The molecule has 0 aromatic heterocycles. The highest BCUT2D eigenvalue weighted by molar-refractivity contribution is 7.89. The number of fused-ring (bicyclic) bond motifs is 1. The van der Waals surface area contributed by atoms with Gasteiger partial charge in [-0.1, -0.05) is 48.5 Å². The molecule has 7 nitrogen and oxygen atoms in total. The van der Waals surface area contributed by atoms with Crippen molar-refractivity contribution >= 4 is 32.7 Å². The van der Waals surface area contributed by atoms with Crippen LogP contribution in [0, 0.1) is 0 Å². The minimum absolute atomic E-state index is 0.200. The SMILES string of the molecule is CN(C)S(=O)(=O)c1ccc(CNC(=O)c2ccc3ccc(Cc4ccc(C(=O)O)cc4)cc3c2)cc1. The lowest BCUT2D eigenvalue weighted by Gasteiger charge is -2.12. The lowest BCUT2D eigenvalue weighted by molar-refractivity contribution is 0.0696. The van der Waals surface area contributed by atoms with Gasteiger partial charge in [0.2, 0.25) is 10.0 Å². The molecule has 0 aliphatic heterocycles. The first kappa shape index (κ1) is 25.1. The van der Waals surface area contributed by atoms with Crippen LogP contribution in [0.4, 0.5) is 0 Å². The summed E-state index contributed by atoms with van der Waals surface area (Å²) in [5.41, 5.74) is 3.62. The highest BCUT2D eigenvalue weighted by atomic mass is 32.2. The van der Waals surface area contributed by atoms with Crippen molar-refractivity contribution in [3.8, 4) is 0 Å². The Morgan fingerprint density at radius 2 is 1.33 bits per heavy atom. The van der Waals surface area contributed by atoms with Gasteiger partial charge in [0, 0.05) is 26.2 Å². The number of hydrogen-bond donors (Lipinski definition) is 2. The summed E-state index contributed by atoms with van der Waals surface area (Å²) in [7, 11) is -0.534. The molecule has 36 heavy (non-hydrogen) atoms. The van der Waals surface area contributed by atoms with Crippen LogP contribution in [0.25, 0.3) is 10.8 Å². The molecule has 4 aromatic carbocycles. The van der Waals surface area contributed by atoms with E-state index >= 15 is 0 Å². The van der Waals surface area contributed by atoms with Crippen LogP contribution in [0.2, 0.25) is 0 Å². The summed E-state index contributed by atoms with van der Waals surface area (Å²) in [5.74, 6) is -1.18. The van der Waals surface area contributed by atoms with E-state index in [0.29, 0.717) is 12.0 Å². The summed E-state index contributed by atoms with van der Waals surface area (Å²) in [6, 6.07) is 24.8. The number of nitrogens with zero attached hydrogens (tertiary/aromatic N) is 1. The van der Waals surface area contributed by atoms with Crippen molar-refractivity contribution in [2.75, 3.05) is 14.1 Å². The van der Waals surface area contributed by atoms with Crippen molar-refractivity contribution < 1.29 is 23.1 Å². The molecular weight excluding hydrogens is 476 g/mol. The van der Waals surface area contributed by atoms with Gasteiger partial charge in [-0.15, -0.1) is 0 Å². The van der Waals surface area contributed by atoms with E-state index in [1.807, 2.05) is 30.3 Å². The zero-order valence-corrected chi connectivity index (χ0v) is 20.7. The normalized spacial score (nSPS) is 11.5. The molecule has 0 saturated heterocycles. The number of nitrogens with one attached hydrogen (secondary N) is 1. The molecular formula is C28H26N2O5S. The third-order valence-electron chi connectivity index (χ3n) is 5.93. The molecule has 4 aromatic rings. The van der Waals surface area contributed by atoms with Gasteiger partial charge >= 0.3 is 5.97 Å². The van der Waals surface area contributed by atoms with E-state index < -0.39 is 16.0 Å². The standard InChI is InChI=1S/C28H26N2O5S/c1-30(2)36(34,35)26-13-6-20(7-14-26)18-29-27(31)24-12-11-22-8-5-21(16-25(22)17-24)15-19-3-9-23(10-4-19)28(32)33/h3-14,16-17H,15,18H2,1-2H3,(H,29,31)(H,32,33). The van der Waals surface area contributed by atoms with Crippen LogP contribution in [-0.2, 0) is 23.0 Å². The third-order valence-corrected chi connectivity index (χ3v) is 7.76. The predicted molar refractivity (Wildman–Crippen MR) is 139 cm³/mol. The molecule has 1 amide bonds. The van der Waals surface area contributed by atoms with Gasteiger partial charge in [0.15, 0.2) is 0 Å². The summed E-state index contributed by atoms with van der Waals surface area (Å²) in [6.07, 6.45) is 0.645. The van der Waals surface area contributed by atoms with Crippen LogP contribution in [-0.4, -0.2) is 43.8 Å². The van der Waals surface area contributed by atoms with Gasteiger partial charge in [-0.3, -0.25) is 4.79 Å². The lowest BCUT2D eigenvalue weighted by Crippen LogP contribution is -2.23. The van der Waals surface area contributed by atoms with E-state index in [9.17, 15) is 18.0 Å². The van der Waals surface area contributed by atoms with Gasteiger partial charge in [-0.25, -0.2) is 17.5 Å². The van der Waals surface area contributed by atoms with Crippen LogP contribution < -0.4 is 5.32 Å². The molecule has 0 saturated carbocycles. The molecule has 0 atom stereocenters. The average Bonchev–Trinajstić information content (AvgIpc) is 2.87. The number of carbonyl (C=O) groups excluding carboxylic acids is 1. The van der Waals surface area contributed by atoms with E-state index in [0.717, 1.165) is 31.8 Å². The number of hydrogen-bond acceptors (Lipinski definition) is 4. The number of amides is 1. The first-order valence-electron chi connectivity index (χ1n) is 11.3. The predicted octanol–water partition coefficient (Wildman–Crippen LogP) is 4.31. The molecule has 0 heterocycles. The van der Waals surface area contributed by atoms with E-state index in [1.165, 1.54) is 26.2 Å². The van der Waals surface area contributed by atoms with Crippen molar-refractivity contribution in [2.24, 2.45) is 0 Å². The minimum Gasteiger partial charge on any atom is -0.478 e. The van der Waals surface area contributed by atoms with Crippen LogP contribution in [0.5, 0.6) is 0 Å². The molecule has 0 aliphatic carbocycles. The Kier molecular flexibility index (Phi) is 7.19. The van der Waals surface area contributed by atoms with Gasteiger partial charge in [0.05, 0.1) is 10.5 Å². The zero-order chi connectivity index (χ0) is 25.9. The fraction of sp³-hybridized carbons (Fsp3) is 0.143. The largest absolute Gasteiger partial charge is 0.478 e. The first-order valence-corrected chi connectivity index (χ1v) is 12.7. The second-order valence-corrected chi connectivity index (χ2v) is 10.8. The third kappa shape index (κ3) is 5.62. The smallest absolute Gasteiger partial charge is 0.335 e. The fourth-order valence-electron chi connectivity index (χ4n) is 3.82. The van der Waals surface area contributed by atoms with Crippen molar-refractivity contribution in [3.63, 3.8) is 0 Å². The van der Waals surface area contributed by atoms with Crippen molar-refractivity contribution in [1.82, 2.24) is 9.62 Å². The number of carboxylic acid groups (broad SMARTS) is 1. The molecule has 4 rings (SSSR count). The quantitative estimate of drug-likeness (QED) is 0.374. The number of sulfonamides is 1. The molecule has 0 spiro atoms. The molecule has 0 aliphatic rings. The summed E-state index contributed by atoms with van der Waals surface area (Å²) in [5, 5.41) is 13.9. The van der Waals surface area contributed by atoms with E-state index in [4.69, 9.17) is 5.11 Å². The summed E-state index contributed by atoms with van der Waals surface area (Å²) in [6.45, 7) is 0.269. The van der Waals surface area contributed by atoms with Gasteiger partial charge in [0.25, 0.3) is 5.91 Å². The molecule has 0 unspecified atom stereocenters. The zero-order valence-electron chi connectivity index (χ0n) is 19.9. The van der Waals surface area contributed by atoms with Gasteiger partial charge in [0.1, 0.15) is 0 Å². The minimum atomic E-state index is -3.50. The van der Waals surface area contributed by atoms with Gasteiger partial charge in [-0.05, 0) is 70.3 Å². The Hall–Kier alpha value is -4.01. The first-order chi connectivity index (χ1) is 17.1. The maximum Gasteiger partial charge on any atom is 0.335 e. The molecule has 8 heteroatoms. The molecule has 184 valence electrons. The number of carboxylic acids is 1. The maximum atomic E-state index is 12.8. The highest BCUT2D eigenvalue weighted by Crippen LogP contribution is 2.21. The van der Waals surface area contributed by atoms with Gasteiger partial charge in [-0.2, -0.15) is 0 Å².